The first-order valence-electron chi connectivity index (χ1n) is 8.00. The monoisotopic (exact) mass is 346 g/mol. The number of hydrogen-bond acceptors (Lipinski definition) is 3. The lowest BCUT2D eigenvalue weighted by atomic mass is 10.0. The summed E-state index contributed by atoms with van der Waals surface area (Å²) in [6.45, 7) is 1.01. The molecule has 0 bridgehead atoms. The van der Waals surface area contributed by atoms with Gasteiger partial charge in [0.2, 0.25) is 0 Å². The SMILES string of the molecule is O=C(Nc1ccc(F)c(F)c1)NC1(c2ccc3c(c2)OCCO3)CC1. The maximum Gasteiger partial charge on any atom is 0.319 e. The van der Waals surface area contributed by atoms with Crippen LogP contribution in [0.2, 0.25) is 0 Å². The minimum absolute atomic E-state index is 0.189. The average Bonchev–Trinajstić information content (AvgIpc) is 3.38. The number of anilines is 1. The Morgan fingerprint density at radius 1 is 0.960 bits per heavy atom. The number of carbonyl (C=O) groups excluding carboxylic acids is 1. The Morgan fingerprint density at radius 3 is 2.44 bits per heavy atom. The fourth-order valence-electron chi connectivity index (χ4n) is 2.91. The molecule has 2 aliphatic rings. The molecule has 130 valence electrons. The molecule has 2 amide bonds. The fraction of sp³-hybridized carbons (Fsp3) is 0.278. The van der Waals surface area contributed by atoms with Gasteiger partial charge in [-0.1, -0.05) is 6.07 Å². The lowest BCUT2D eigenvalue weighted by molar-refractivity contribution is 0.171. The van der Waals surface area contributed by atoms with E-state index in [1.54, 1.807) is 0 Å². The molecule has 0 saturated heterocycles. The summed E-state index contributed by atoms with van der Waals surface area (Å²) in [5.41, 5.74) is 0.643. The van der Waals surface area contributed by atoms with Gasteiger partial charge >= 0.3 is 6.03 Å². The van der Waals surface area contributed by atoms with Crippen molar-refractivity contribution in [3.05, 3.63) is 53.6 Å². The predicted octanol–water partition coefficient (Wildman–Crippen LogP) is 3.55. The van der Waals surface area contributed by atoms with E-state index in [0.717, 1.165) is 30.5 Å². The molecule has 1 fully saturated rings. The number of benzene rings is 2. The van der Waals surface area contributed by atoms with Gasteiger partial charge in [-0.3, -0.25) is 0 Å². The van der Waals surface area contributed by atoms with Crippen LogP contribution in [0.25, 0.3) is 0 Å². The molecule has 2 aromatic carbocycles. The Hall–Kier alpha value is -2.83. The van der Waals surface area contributed by atoms with E-state index in [9.17, 15) is 13.6 Å². The van der Waals surface area contributed by atoms with Crippen molar-refractivity contribution in [1.29, 1.82) is 0 Å². The molecule has 0 radical (unpaired) electrons. The Balaban J connectivity index is 1.48. The molecule has 4 rings (SSSR count). The molecular weight excluding hydrogens is 330 g/mol. The van der Waals surface area contributed by atoms with Crippen LogP contribution in [-0.2, 0) is 5.54 Å². The highest BCUT2D eigenvalue weighted by Crippen LogP contribution is 2.47. The largest absolute Gasteiger partial charge is 0.486 e. The van der Waals surface area contributed by atoms with Crippen molar-refractivity contribution in [2.45, 2.75) is 18.4 Å². The Kier molecular flexibility index (Phi) is 3.71. The van der Waals surface area contributed by atoms with Crippen LogP contribution in [0.15, 0.2) is 36.4 Å². The normalized spacial score (nSPS) is 16.9. The molecule has 0 aromatic heterocycles. The van der Waals surface area contributed by atoms with Crippen LogP contribution in [0.5, 0.6) is 11.5 Å². The van der Waals surface area contributed by atoms with Crippen LogP contribution in [0.4, 0.5) is 19.3 Å². The second-order valence-corrected chi connectivity index (χ2v) is 6.15. The Morgan fingerprint density at radius 2 is 1.72 bits per heavy atom. The second-order valence-electron chi connectivity index (χ2n) is 6.15. The molecule has 1 aliphatic heterocycles. The van der Waals surface area contributed by atoms with Crippen LogP contribution in [0, 0.1) is 11.6 Å². The van der Waals surface area contributed by atoms with Gasteiger partial charge in [-0.2, -0.15) is 0 Å². The number of carbonyl (C=O) groups is 1. The van der Waals surface area contributed by atoms with Crippen LogP contribution >= 0.6 is 0 Å². The van der Waals surface area contributed by atoms with Gasteiger partial charge in [0.25, 0.3) is 0 Å². The van der Waals surface area contributed by atoms with Gasteiger partial charge in [0.1, 0.15) is 13.2 Å². The molecule has 1 aliphatic carbocycles. The number of urea groups is 1. The molecule has 1 saturated carbocycles. The van der Waals surface area contributed by atoms with Gasteiger partial charge < -0.3 is 20.1 Å². The Bertz CT molecular complexity index is 837. The maximum atomic E-state index is 13.2. The summed E-state index contributed by atoms with van der Waals surface area (Å²) < 4.78 is 37.3. The summed E-state index contributed by atoms with van der Waals surface area (Å²) in [7, 11) is 0. The molecule has 25 heavy (non-hydrogen) atoms. The van der Waals surface area contributed by atoms with Crippen molar-refractivity contribution in [3.63, 3.8) is 0 Å². The zero-order valence-electron chi connectivity index (χ0n) is 13.3. The van der Waals surface area contributed by atoms with Gasteiger partial charge in [0.05, 0.1) is 5.54 Å². The van der Waals surface area contributed by atoms with E-state index in [1.807, 2.05) is 18.2 Å². The number of rotatable bonds is 3. The van der Waals surface area contributed by atoms with Gasteiger partial charge in [-0.15, -0.1) is 0 Å². The average molecular weight is 346 g/mol. The molecule has 0 spiro atoms. The number of nitrogens with one attached hydrogen (secondary N) is 2. The number of hydrogen-bond donors (Lipinski definition) is 2. The molecule has 2 aromatic rings. The molecule has 0 atom stereocenters. The molecule has 2 N–H and O–H groups in total. The lowest BCUT2D eigenvalue weighted by Crippen LogP contribution is -2.38. The summed E-state index contributed by atoms with van der Waals surface area (Å²) in [4.78, 5) is 12.2. The topological polar surface area (TPSA) is 59.6 Å². The third kappa shape index (κ3) is 3.09. The summed E-state index contributed by atoms with van der Waals surface area (Å²) in [6, 6.07) is 8.36. The number of fused-ring (bicyclic) bond motifs is 1. The molecule has 1 heterocycles. The van der Waals surface area contributed by atoms with Crippen LogP contribution in [0.1, 0.15) is 18.4 Å². The highest BCUT2D eigenvalue weighted by Gasteiger charge is 2.46. The van der Waals surface area contributed by atoms with E-state index >= 15 is 0 Å². The summed E-state index contributed by atoms with van der Waals surface area (Å²) in [5.74, 6) is -0.610. The van der Waals surface area contributed by atoms with Crippen molar-refractivity contribution in [1.82, 2.24) is 5.32 Å². The molecule has 7 heteroatoms. The minimum Gasteiger partial charge on any atom is -0.486 e. The summed E-state index contributed by atoms with van der Waals surface area (Å²) in [6.07, 6.45) is 1.58. The van der Waals surface area contributed by atoms with Crippen molar-refractivity contribution in [3.8, 4) is 11.5 Å². The third-order valence-electron chi connectivity index (χ3n) is 4.38. The van der Waals surface area contributed by atoms with Gasteiger partial charge in [0.15, 0.2) is 23.1 Å². The lowest BCUT2D eigenvalue weighted by Gasteiger charge is -2.23. The van der Waals surface area contributed by atoms with Crippen molar-refractivity contribution >= 4 is 11.7 Å². The van der Waals surface area contributed by atoms with Gasteiger partial charge in [-0.25, -0.2) is 13.6 Å². The first-order valence-corrected chi connectivity index (χ1v) is 8.00. The quantitative estimate of drug-likeness (QED) is 0.894. The second kappa shape index (κ2) is 5.91. The molecule has 0 unspecified atom stereocenters. The summed E-state index contributed by atoms with van der Waals surface area (Å²) >= 11 is 0. The minimum atomic E-state index is -1.01. The fourth-order valence-corrected chi connectivity index (χ4v) is 2.91. The van der Waals surface area contributed by atoms with Crippen molar-refractivity contribution in [2.75, 3.05) is 18.5 Å². The van der Waals surface area contributed by atoms with E-state index in [0.29, 0.717) is 24.7 Å². The predicted molar refractivity (Wildman–Crippen MR) is 86.9 cm³/mol. The molecular formula is C18H16F2N2O3. The number of ether oxygens (including phenoxy) is 2. The Labute approximate surface area is 142 Å². The number of amides is 2. The highest BCUT2D eigenvalue weighted by molar-refractivity contribution is 5.90. The van der Waals surface area contributed by atoms with E-state index < -0.39 is 23.2 Å². The van der Waals surface area contributed by atoms with Crippen LogP contribution in [-0.4, -0.2) is 19.2 Å². The standard InChI is InChI=1S/C18H16F2N2O3/c19-13-3-2-12(10-14(13)20)21-17(23)22-18(5-6-18)11-1-4-15-16(9-11)25-8-7-24-15/h1-4,9-10H,5-8H2,(H2,21,22,23). The zero-order valence-corrected chi connectivity index (χ0v) is 13.3. The van der Waals surface area contributed by atoms with E-state index in [4.69, 9.17) is 9.47 Å². The van der Waals surface area contributed by atoms with Crippen LogP contribution < -0.4 is 20.1 Å². The van der Waals surface area contributed by atoms with E-state index in [2.05, 4.69) is 10.6 Å². The zero-order chi connectivity index (χ0) is 17.4. The first-order chi connectivity index (χ1) is 12.1. The van der Waals surface area contributed by atoms with Gasteiger partial charge in [-0.05, 0) is 42.7 Å². The van der Waals surface area contributed by atoms with Gasteiger partial charge in [0, 0.05) is 11.8 Å². The highest BCUT2D eigenvalue weighted by atomic mass is 19.2. The van der Waals surface area contributed by atoms with Crippen molar-refractivity contribution in [2.24, 2.45) is 0 Å². The summed E-state index contributed by atoms with van der Waals surface area (Å²) in [5, 5.41) is 5.44. The number of halogens is 2. The molecule has 5 nitrogen and oxygen atoms in total. The van der Waals surface area contributed by atoms with E-state index in [-0.39, 0.29) is 5.69 Å². The van der Waals surface area contributed by atoms with Crippen LogP contribution in [0.3, 0.4) is 0 Å². The smallest absolute Gasteiger partial charge is 0.319 e. The first kappa shape index (κ1) is 15.7. The third-order valence-corrected chi connectivity index (χ3v) is 4.38. The van der Waals surface area contributed by atoms with Crippen molar-refractivity contribution < 1.29 is 23.0 Å². The van der Waals surface area contributed by atoms with E-state index in [1.165, 1.54) is 6.07 Å². The maximum absolute atomic E-state index is 13.2.